The van der Waals surface area contributed by atoms with E-state index in [1.165, 1.54) is 11.9 Å². The molecule has 0 saturated heterocycles. The minimum atomic E-state index is 0.239. The smallest absolute Gasteiger partial charge is 0.164 e. The fourth-order valence-electron chi connectivity index (χ4n) is 3.91. The Morgan fingerprint density at radius 1 is 0.974 bits per heavy atom. The number of pyridine rings is 1. The Labute approximate surface area is 234 Å². The number of nitrogens with zero attached hydrogens (tertiary/aromatic N) is 3. The van der Waals surface area contributed by atoms with Gasteiger partial charge in [-0.25, -0.2) is 15.0 Å². The van der Waals surface area contributed by atoms with Gasteiger partial charge in [-0.1, -0.05) is 53.7 Å². The number of rotatable bonds is 9. The summed E-state index contributed by atoms with van der Waals surface area (Å²) in [6.45, 7) is 4.78. The van der Waals surface area contributed by atoms with Crippen LogP contribution in [0, 0.1) is 0 Å². The molecule has 0 atom stereocenters. The summed E-state index contributed by atoms with van der Waals surface area (Å²) in [6.07, 6.45) is 2.33. The largest absolute Gasteiger partial charge is 0.508 e. The van der Waals surface area contributed by atoms with Crippen LogP contribution >= 0.6 is 27.7 Å². The highest BCUT2D eigenvalue weighted by atomic mass is 79.9. The molecule has 0 spiro atoms. The quantitative estimate of drug-likeness (QED) is 0.180. The summed E-state index contributed by atoms with van der Waals surface area (Å²) in [5, 5.41) is 14.0. The Morgan fingerprint density at radius 3 is 2.61 bits per heavy atom. The molecule has 0 unspecified atom stereocenters. The zero-order valence-electron chi connectivity index (χ0n) is 21.1. The minimum absolute atomic E-state index is 0.239. The molecule has 0 amide bonds. The fourth-order valence-corrected chi connectivity index (χ4v) is 5.24. The zero-order valence-corrected chi connectivity index (χ0v) is 23.5. The van der Waals surface area contributed by atoms with Crippen LogP contribution in [0.2, 0.25) is 0 Å². The van der Waals surface area contributed by atoms with Gasteiger partial charge >= 0.3 is 0 Å². The number of hydrogen-bond donors (Lipinski definition) is 2. The molecular weight excluding hydrogens is 560 g/mol. The Hall–Kier alpha value is -3.62. The molecule has 2 N–H and O–H groups in total. The van der Waals surface area contributed by atoms with Gasteiger partial charge in [-0.15, -0.1) is 0 Å². The van der Waals surface area contributed by atoms with Gasteiger partial charge in [0.15, 0.2) is 5.65 Å². The van der Waals surface area contributed by atoms with Crippen molar-refractivity contribution in [1.82, 2.24) is 15.0 Å². The van der Waals surface area contributed by atoms with Crippen molar-refractivity contribution in [3.05, 3.63) is 101 Å². The lowest BCUT2D eigenvalue weighted by Crippen LogP contribution is -2.03. The number of benzene rings is 3. The van der Waals surface area contributed by atoms with E-state index in [1.807, 2.05) is 54.6 Å². The number of aromatic hydroxyl groups is 1. The molecule has 5 rings (SSSR count). The highest BCUT2D eigenvalue weighted by Gasteiger charge is 2.13. The fraction of sp³-hybridized carbons (Fsp3) is 0.167. The van der Waals surface area contributed by atoms with E-state index >= 15 is 0 Å². The highest BCUT2D eigenvalue weighted by Crippen LogP contribution is 2.38. The van der Waals surface area contributed by atoms with Gasteiger partial charge < -0.3 is 15.2 Å². The first-order valence-electron chi connectivity index (χ1n) is 12.3. The molecule has 8 heteroatoms. The average Bonchev–Trinajstić information content (AvgIpc) is 2.91. The molecule has 0 bridgehead atoms. The first kappa shape index (κ1) is 26.0. The first-order chi connectivity index (χ1) is 18.4. The lowest BCUT2D eigenvalue weighted by Gasteiger charge is -2.15. The van der Waals surface area contributed by atoms with Crippen molar-refractivity contribution in [3.8, 4) is 11.5 Å². The number of nitrogens with one attached hydrogen (secondary N) is 1. The number of phenolic OH excluding ortho intramolecular Hbond substituents is 1. The molecule has 3 aromatic carbocycles. The molecular formula is C30H27BrN4O2S. The van der Waals surface area contributed by atoms with Crippen LogP contribution in [0.5, 0.6) is 11.5 Å². The van der Waals surface area contributed by atoms with Gasteiger partial charge in [0.05, 0.1) is 17.7 Å². The Kier molecular flexibility index (Phi) is 8.10. The van der Waals surface area contributed by atoms with Gasteiger partial charge in [0.1, 0.15) is 23.6 Å². The summed E-state index contributed by atoms with van der Waals surface area (Å²) < 4.78 is 7.20. The van der Waals surface area contributed by atoms with Crippen molar-refractivity contribution in [2.24, 2.45) is 0 Å². The second kappa shape index (κ2) is 11.8. The number of fused-ring (bicyclic) bond motifs is 1. The molecule has 0 aliphatic rings. The third-order valence-corrected chi connectivity index (χ3v) is 7.50. The molecule has 2 heterocycles. The summed E-state index contributed by atoms with van der Waals surface area (Å²) >= 11 is 5.12. The molecule has 2 aromatic heterocycles. The summed E-state index contributed by atoms with van der Waals surface area (Å²) in [6, 6.07) is 25.4. The number of aromatic nitrogens is 3. The van der Waals surface area contributed by atoms with E-state index < -0.39 is 0 Å². The van der Waals surface area contributed by atoms with Crippen LogP contribution < -0.4 is 10.1 Å². The molecule has 0 radical (unpaired) electrons. The van der Waals surface area contributed by atoms with Gasteiger partial charge in [-0.2, -0.15) is 0 Å². The van der Waals surface area contributed by atoms with E-state index in [1.54, 1.807) is 23.9 Å². The maximum absolute atomic E-state index is 9.68. The van der Waals surface area contributed by atoms with Gasteiger partial charge in [0, 0.05) is 32.4 Å². The minimum Gasteiger partial charge on any atom is -0.508 e. The highest BCUT2D eigenvalue weighted by molar-refractivity contribution is 9.10. The second-order valence-corrected chi connectivity index (χ2v) is 11.1. The van der Waals surface area contributed by atoms with Crippen molar-refractivity contribution >= 4 is 50.2 Å². The molecule has 0 saturated carbocycles. The molecule has 0 aliphatic carbocycles. The lowest BCUT2D eigenvalue weighted by atomic mass is 10.1. The summed E-state index contributed by atoms with van der Waals surface area (Å²) in [5.41, 5.74) is 3.71. The van der Waals surface area contributed by atoms with Crippen LogP contribution in [-0.2, 0) is 6.42 Å². The van der Waals surface area contributed by atoms with Crippen molar-refractivity contribution < 1.29 is 9.84 Å². The third kappa shape index (κ3) is 6.44. The van der Waals surface area contributed by atoms with E-state index in [0.717, 1.165) is 43.2 Å². The topological polar surface area (TPSA) is 80.2 Å². The van der Waals surface area contributed by atoms with E-state index in [9.17, 15) is 5.11 Å². The van der Waals surface area contributed by atoms with Gasteiger partial charge in [0.25, 0.3) is 0 Å². The van der Waals surface area contributed by atoms with Crippen LogP contribution in [0.15, 0.2) is 99.5 Å². The SMILES string of the molecule is CC(C)c1ccc2c(Nc3cc(OCCc4cccc(Br)c4)ccc3Sc3ccc(O)cc3)ncnc2n1. The lowest BCUT2D eigenvalue weighted by molar-refractivity contribution is 0.322. The molecule has 5 aromatic rings. The zero-order chi connectivity index (χ0) is 26.5. The van der Waals surface area contributed by atoms with Crippen molar-refractivity contribution in [2.75, 3.05) is 11.9 Å². The maximum Gasteiger partial charge on any atom is 0.164 e. The standard InChI is InChI=1S/C30H27BrN4O2S/c1-19(2)26-12-11-25-29(34-26)32-18-33-30(25)35-27-17-23(37-15-14-20-4-3-5-21(31)16-20)8-13-28(27)38-24-9-6-22(36)7-10-24/h3-13,16-19,36H,14-15H2,1-2H3,(H,32,33,34,35). The molecule has 192 valence electrons. The summed E-state index contributed by atoms with van der Waals surface area (Å²) in [7, 11) is 0. The monoisotopic (exact) mass is 586 g/mol. The molecule has 0 aliphatic heterocycles. The molecule has 6 nitrogen and oxygen atoms in total. The van der Waals surface area contributed by atoms with E-state index in [2.05, 4.69) is 57.2 Å². The van der Waals surface area contributed by atoms with Gasteiger partial charge in [-0.05, 0) is 72.1 Å². The van der Waals surface area contributed by atoms with E-state index in [0.29, 0.717) is 24.0 Å². The average molecular weight is 588 g/mol. The van der Waals surface area contributed by atoms with Gasteiger partial charge in [0.2, 0.25) is 0 Å². The first-order valence-corrected chi connectivity index (χ1v) is 13.9. The third-order valence-electron chi connectivity index (χ3n) is 5.93. The number of anilines is 2. The Morgan fingerprint density at radius 2 is 1.82 bits per heavy atom. The predicted molar refractivity (Wildman–Crippen MR) is 157 cm³/mol. The Balaban J connectivity index is 1.43. The van der Waals surface area contributed by atoms with Crippen LogP contribution in [0.4, 0.5) is 11.5 Å². The number of ether oxygens (including phenoxy) is 1. The number of phenols is 1. The number of hydrogen-bond acceptors (Lipinski definition) is 7. The van der Waals surface area contributed by atoms with Crippen LogP contribution in [-0.4, -0.2) is 26.7 Å². The van der Waals surface area contributed by atoms with Crippen LogP contribution in [0.1, 0.15) is 31.0 Å². The van der Waals surface area contributed by atoms with Crippen molar-refractivity contribution in [3.63, 3.8) is 0 Å². The normalized spacial score (nSPS) is 11.2. The van der Waals surface area contributed by atoms with Crippen molar-refractivity contribution in [2.45, 2.75) is 36.0 Å². The Bertz CT molecular complexity index is 1560. The second-order valence-electron chi connectivity index (χ2n) is 9.09. The van der Waals surface area contributed by atoms with E-state index in [-0.39, 0.29) is 5.75 Å². The summed E-state index contributed by atoms with van der Waals surface area (Å²) in [4.78, 5) is 15.6. The van der Waals surface area contributed by atoms with Crippen LogP contribution in [0.25, 0.3) is 11.0 Å². The maximum atomic E-state index is 9.68. The van der Waals surface area contributed by atoms with Gasteiger partial charge in [-0.3, -0.25) is 0 Å². The molecule has 38 heavy (non-hydrogen) atoms. The number of halogens is 1. The van der Waals surface area contributed by atoms with Crippen LogP contribution in [0.3, 0.4) is 0 Å². The molecule has 0 fully saturated rings. The van der Waals surface area contributed by atoms with E-state index in [4.69, 9.17) is 9.72 Å². The predicted octanol–water partition coefficient (Wildman–Crippen LogP) is 8.13. The summed E-state index contributed by atoms with van der Waals surface area (Å²) in [5.74, 6) is 1.99. The van der Waals surface area contributed by atoms with Crippen molar-refractivity contribution in [1.29, 1.82) is 0 Å².